The molecule has 0 radical (unpaired) electrons. The Balaban J connectivity index is 1.36. The van der Waals surface area contributed by atoms with Crippen LogP contribution in [0, 0.1) is 0 Å². The molecule has 1 N–H and O–H groups in total. The van der Waals surface area contributed by atoms with Gasteiger partial charge in [-0.25, -0.2) is 5.01 Å². The summed E-state index contributed by atoms with van der Waals surface area (Å²) in [7, 11) is 3.26. The SMILES string of the molecule is COc1ccc(C2=NN(C3=NC(=O)[C@@H](CC(=O)Nc4ccccc4)S3)[C@@H](c3ccc(OC)cc3)C2)cc1. The normalized spacial score (nSPS) is 18.9. The highest BCUT2D eigenvalue weighted by Crippen LogP contribution is 2.39. The van der Waals surface area contributed by atoms with E-state index in [9.17, 15) is 9.59 Å². The van der Waals surface area contributed by atoms with Crippen molar-refractivity contribution in [2.75, 3.05) is 19.5 Å². The number of amidine groups is 1. The second kappa shape index (κ2) is 10.9. The molecular formula is C28H26N4O4S. The summed E-state index contributed by atoms with van der Waals surface area (Å²) in [6.45, 7) is 0. The number of amides is 2. The number of nitrogens with one attached hydrogen (secondary N) is 1. The lowest BCUT2D eigenvalue weighted by Gasteiger charge is -2.23. The van der Waals surface area contributed by atoms with Crippen LogP contribution in [0.1, 0.15) is 30.0 Å². The molecule has 3 aromatic rings. The van der Waals surface area contributed by atoms with Crippen LogP contribution < -0.4 is 14.8 Å². The molecule has 0 fully saturated rings. The summed E-state index contributed by atoms with van der Waals surface area (Å²) in [6, 6.07) is 24.6. The smallest absolute Gasteiger partial charge is 0.262 e. The highest BCUT2D eigenvalue weighted by Gasteiger charge is 2.39. The van der Waals surface area contributed by atoms with Crippen molar-refractivity contribution in [3.8, 4) is 11.5 Å². The van der Waals surface area contributed by atoms with Gasteiger partial charge in [-0.05, 0) is 59.7 Å². The van der Waals surface area contributed by atoms with Crippen LogP contribution in [0.5, 0.6) is 11.5 Å². The van der Waals surface area contributed by atoms with E-state index in [0.29, 0.717) is 17.3 Å². The molecule has 0 spiro atoms. The Bertz CT molecular complexity index is 1340. The van der Waals surface area contributed by atoms with Gasteiger partial charge in [0.25, 0.3) is 5.91 Å². The predicted octanol–water partition coefficient (Wildman–Crippen LogP) is 4.88. The molecule has 37 heavy (non-hydrogen) atoms. The zero-order valence-corrected chi connectivity index (χ0v) is 21.3. The van der Waals surface area contributed by atoms with Crippen molar-refractivity contribution in [3.63, 3.8) is 0 Å². The van der Waals surface area contributed by atoms with E-state index in [2.05, 4.69) is 10.3 Å². The summed E-state index contributed by atoms with van der Waals surface area (Å²) in [5.74, 6) is 0.967. The molecule has 0 unspecified atom stereocenters. The van der Waals surface area contributed by atoms with Crippen LogP contribution >= 0.6 is 11.8 Å². The number of carbonyl (C=O) groups is 2. The van der Waals surface area contributed by atoms with Crippen LogP contribution in [-0.4, -0.2) is 47.2 Å². The number of benzene rings is 3. The molecule has 0 bridgehead atoms. The average Bonchev–Trinajstić information content (AvgIpc) is 3.53. The second-order valence-electron chi connectivity index (χ2n) is 8.57. The van der Waals surface area contributed by atoms with Gasteiger partial charge in [0.15, 0.2) is 5.17 Å². The molecule has 2 aliphatic heterocycles. The number of hydrazone groups is 1. The van der Waals surface area contributed by atoms with E-state index >= 15 is 0 Å². The van der Waals surface area contributed by atoms with Gasteiger partial charge in [0.2, 0.25) is 5.91 Å². The molecule has 9 heteroatoms. The lowest BCUT2D eigenvalue weighted by molar-refractivity contribution is -0.121. The Kier molecular flexibility index (Phi) is 7.23. The monoisotopic (exact) mass is 514 g/mol. The van der Waals surface area contributed by atoms with Crippen LogP contribution in [-0.2, 0) is 9.59 Å². The van der Waals surface area contributed by atoms with E-state index in [1.807, 2.05) is 78.9 Å². The quantitative estimate of drug-likeness (QED) is 0.483. The maximum absolute atomic E-state index is 12.8. The van der Waals surface area contributed by atoms with Gasteiger partial charge >= 0.3 is 0 Å². The van der Waals surface area contributed by atoms with Gasteiger partial charge < -0.3 is 14.8 Å². The first kappa shape index (κ1) is 24.6. The summed E-state index contributed by atoms with van der Waals surface area (Å²) in [5.41, 5.74) is 3.56. The van der Waals surface area contributed by atoms with E-state index in [1.54, 1.807) is 19.2 Å². The van der Waals surface area contributed by atoms with Gasteiger partial charge in [-0.15, -0.1) is 0 Å². The Morgan fingerprint density at radius 2 is 1.62 bits per heavy atom. The molecule has 188 valence electrons. The number of hydrogen-bond acceptors (Lipinski definition) is 7. The Labute approximate surface area is 219 Å². The van der Waals surface area contributed by atoms with Gasteiger partial charge in [0.05, 0.1) is 26.0 Å². The number of carbonyl (C=O) groups excluding carboxylic acids is 2. The highest BCUT2D eigenvalue weighted by molar-refractivity contribution is 8.15. The predicted molar refractivity (Wildman–Crippen MR) is 145 cm³/mol. The number of aliphatic imine (C=N–C) groups is 1. The van der Waals surface area contributed by atoms with Crippen LogP contribution in [0.2, 0.25) is 0 Å². The first-order valence-corrected chi connectivity index (χ1v) is 12.7. The van der Waals surface area contributed by atoms with Crippen molar-refractivity contribution < 1.29 is 19.1 Å². The summed E-state index contributed by atoms with van der Waals surface area (Å²) in [6.07, 6.45) is 0.660. The number of rotatable bonds is 7. The van der Waals surface area contributed by atoms with Crippen molar-refractivity contribution in [2.45, 2.75) is 24.1 Å². The largest absolute Gasteiger partial charge is 0.497 e. The van der Waals surface area contributed by atoms with Crippen molar-refractivity contribution >= 4 is 40.1 Å². The molecule has 3 aromatic carbocycles. The van der Waals surface area contributed by atoms with E-state index in [1.165, 1.54) is 11.8 Å². The lowest BCUT2D eigenvalue weighted by atomic mass is 9.98. The molecule has 5 rings (SSSR count). The second-order valence-corrected chi connectivity index (χ2v) is 9.74. The average molecular weight is 515 g/mol. The zero-order valence-electron chi connectivity index (χ0n) is 20.5. The fourth-order valence-corrected chi connectivity index (χ4v) is 5.30. The maximum atomic E-state index is 12.8. The number of ether oxygens (including phenoxy) is 2. The minimum absolute atomic E-state index is 0.0293. The van der Waals surface area contributed by atoms with Gasteiger partial charge in [0, 0.05) is 18.5 Å². The molecule has 0 saturated heterocycles. The van der Waals surface area contributed by atoms with Gasteiger partial charge in [0.1, 0.15) is 16.7 Å². The molecular weight excluding hydrogens is 488 g/mol. The summed E-state index contributed by atoms with van der Waals surface area (Å²) >= 11 is 1.28. The number of para-hydroxylation sites is 1. The maximum Gasteiger partial charge on any atom is 0.262 e. The summed E-state index contributed by atoms with van der Waals surface area (Å²) in [4.78, 5) is 29.7. The van der Waals surface area contributed by atoms with Gasteiger partial charge in [-0.3, -0.25) is 9.59 Å². The standard InChI is InChI=1S/C28H26N4O4S/c1-35-21-12-8-18(9-13-21)23-16-24(19-10-14-22(36-2)15-11-19)32(31-23)28-30-27(34)25(37-28)17-26(33)29-20-6-4-3-5-7-20/h3-15,24-25H,16-17H2,1-2H3,(H,29,33)/t24-,25-/m1/s1. The molecule has 0 aliphatic carbocycles. The summed E-state index contributed by atoms with van der Waals surface area (Å²) < 4.78 is 10.6. The van der Waals surface area contributed by atoms with Crippen LogP contribution in [0.25, 0.3) is 0 Å². The third-order valence-corrected chi connectivity index (χ3v) is 7.33. The number of anilines is 1. The Hall–Kier alpha value is -4.11. The molecule has 2 aliphatic rings. The van der Waals surface area contributed by atoms with Gasteiger partial charge in [-0.1, -0.05) is 42.1 Å². The van der Waals surface area contributed by atoms with E-state index in [4.69, 9.17) is 14.6 Å². The molecule has 8 nitrogen and oxygen atoms in total. The zero-order chi connectivity index (χ0) is 25.8. The number of hydrogen-bond donors (Lipinski definition) is 1. The molecule has 0 aromatic heterocycles. The fraction of sp³-hybridized carbons (Fsp3) is 0.214. The minimum atomic E-state index is -0.601. The number of methoxy groups -OCH3 is 2. The first-order chi connectivity index (χ1) is 18.0. The minimum Gasteiger partial charge on any atom is -0.497 e. The van der Waals surface area contributed by atoms with Crippen molar-refractivity contribution in [3.05, 3.63) is 90.0 Å². The molecule has 2 atom stereocenters. The molecule has 2 amide bonds. The topological polar surface area (TPSA) is 92.6 Å². The fourth-order valence-electron chi connectivity index (χ4n) is 4.24. The molecule has 2 heterocycles. The van der Waals surface area contributed by atoms with E-state index in [0.717, 1.165) is 28.3 Å². The lowest BCUT2D eigenvalue weighted by Crippen LogP contribution is -2.25. The summed E-state index contributed by atoms with van der Waals surface area (Å²) in [5, 5.41) is 9.42. The van der Waals surface area contributed by atoms with Crippen molar-refractivity contribution in [1.29, 1.82) is 0 Å². The third-order valence-electron chi connectivity index (χ3n) is 6.19. The first-order valence-electron chi connectivity index (χ1n) is 11.8. The van der Waals surface area contributed by atoms with E-state index in [-0.39, 0.29) is 24.3 Å². The molecule has 0 saturated carbocycles. The van der Waals surface area contributed by atoms with Crippen molar-refractivity contribution in [1.82, 2.24) is 5.01 Å². The Morgan fingerprint density at radius 3 is 2.27 bits per heavy atom. The Morgan fingerprint density at radius 1 is 0.973 bits per heavy atom. The highest BCUT2D eigenvalue weighted by atomic mass is 32.2. The number of thioether (sulfide) groups is 1. The van der Waals surface area contributed by atoms with Crippen LogP contribution in [0.15, 0.2) is 89.0 Å². The van der Waals surface area contributed by atoms with Crippen LogP contribution in [0.4, 0.5) is 5.69 Å². The van der Waals surface area contributed by atoms with Crippen LogP contribution in [0.3, 0.4) is 0 Å². The number of nitrogens with zero attached hydrogens (tertiary/aromatic N) is 3. The van der Waals surface area contributed by atoms with E-state index < -0.39 is 5.25 Å². The van der Waals surface area contributed by atoms with Crippen molar-refractivity contribution in [2.24, 2.45) is 10.1 Å². The van der Waals surface area contributed by atoms with Gasteiger partial charge in [-0.2, -0.15) is 10.1 Å². The third kappa shape index (κ3) is 5.51.